The molecule has 0 N–H and O–H groups in total. The van der Waals surface area contributed by atoms with Crippen LogP contribution in [-0.2, 0) is 21.2 Å². The van der Waals surface area contributed by atoms with Gasteiger partial charge in [-0.1, -0.05) is 12.1 Å². The molecule has 1 aromatic rings. The van der Waals surface area contributed by atoms with E-state index < -0.39 is 5.41 Å². The van der Waals surface area contributed by atoms with Crippen LogP contribution in [0.2, 0.25) is 0 Å². The maximum absolute atomic E-state index is 11.7. The molecule has 0 spiro atoms. The number of benzene rings is 1. The highest BCUT2D eigenvalue weighted by Crippen LogP contribution is 2.19. The van der Waals surface area contributed by atoms with Crippen molar-refractivity contribution in [2.45, 2.75) is 33.8 Å². The van der Waals surface area contributed by atoms with Gasteiger partial charge in [-0.25, -0.2) is 9.78 Å². The van der Waals surface area contributed by atoms with E-state index in [0.29, 0.717) is 25.4 Å². The van der Waals surface area contributed by atoms with Crippen molar-refractivity contribution in [1.29, 1.82) is 0 Å². The van der Waals surface area contributed by atoms with Crippen LogP contribution in [-0.4, -0.2) is 12.6 Å². The van der Waals surface area contributed by atoms with Gasteiger partial charge in [-0.2, -0.15) is 0 Å². The van der Waals surface area contributed by atoms with Crippen LogP contribution in [0.1, 0.15) is 32.8 Å². The van der Waals surface area contributed by atoms with E-state index in [0.717, 1.165) is 5.56 Å². The Kier molecular flexibility index (Phi) is 6.23. The van der Waals surface area contributed by atoms with Gasteiger partial charge in [0.05, 0.1) is 12.0 Å². The average Bonchev–Trinajstić information content (AvgIpc) is 2.39. The lowest BCUT2D eigenvalue weighted by molar-refractivity contribution is -0.302. The van der Waals surface area contributed by atoms with E-state index in [2.05, 4.69) is 5.92 Å². The Morgan fingerprint density at radius 2 is 1.85 bits per heavy atom. The summed E-state index contributed by atoms with van der Waals surface area (Å²) < 4.78 is 5.26. The first kappa shape index (κ1) is 16.2. The van der Waals surface area contributed by atoms with E-state index in [1.165, 1.54) is 0 Å². The monoisotopic (exact) mass is 276 g/mol. The first-order valence-corrected chi connectivity index (χ1v) is 6.42. The predicted molar refractivity (Wildman–Crippen MR) is 75.7 cm³/mol. The average molecular weight is 276 g/mol. The molecule has 0 heterocycles. The molecule has 0 saturated carbocycles. The van der Waals surface area contributed by atoms with Gasteiger partial charge < -0.3 is 4.74 Å². The number of terminal acetylenes is 1. The van der Waals surface area contributed by atoms with Gasteiger partial charge in [0.1, 0.15) is 12.4 Å². The topological polar surface area (TPSA) is 44.8 Å². The van der Waals surface area contributed by atoms with Crippen LogP contribution >= 0.6 is 0 Å². The summed E-state index contributed by atoms with van der Waals surface area (Å²) in [6.07, 6.45) is 5.60. The van der Waals surface area contributed by atoms with Crippen molar-refractivity contribution in [3.05, 3.63) is 29.8 Å². The summed E-state index contributed by atoms with van der Waals surface area (Å²) in [7, 11) is 0. The van der Waals surface area contributed by atoms with Crippen molar-refractivity contribution in [3.63, 3.8) is 0 Å². The van der Waals surface area contributed by atoms with Crippen molar-refractivity contribution in [3.8, 4) is 18.1 Å². The molecule has 4 heteroatoms. The SMILES string of the molecule is C#CCCOOCc1ccc(OC(=O)C(C)(C)C)cc1. The van der Waals surface area contributed by atoms with Gasteiger partial charge in [0.25, 0.3) is 0 Å². The fraction of sp³-hybridized carbons (Fsp3) is 0.438. The molecule has 0 radical (unpaired) electrons. The number of carbonyl (C=O) groups is 1. The van der Waals surface area contributed by atoms with Gasteiger partial charge in [0.2, 0.25) is 0 Å². The van der Waals surface area contributed by atoms with Crippen molar-refractivity contribution < 1.29 is 19.3 Å². The fourth-order valence-corrected chi connectivity index (χ4v) is 1.18. The van der Waals surface area contributed by atoms with E-state index in [1.54, 1.807) is 12.1 Å². The second-order valence-corrected chi connectivity index (χ2v) is 5.32. The summed E-state index contributed by atoms with van der Waals surface area (Å²) in [4.78, 5) is 21.6. The quantitative estimate of drug-likeness (QED) is 0.200. The molecule has 108 valence electrons. The van der Waals surface area contributed by atoms with Gasteiger partial charge in [-0.05, 0) is 38.5 Å². The van der Waals surface area contributed by atoms with Crippen LogP contribution < -0.4 is 4.74 Å². The standard InChI is InChI=1S/C16H20O4/c1-5-6-11-18-19-12-13-7-9-14(10-8-13)20-15(17)16(2,3)4/h1,7-10H,6,11-12H2,2-4H3. The molecule has 0 amide bonds. The Morgan fingerprint density at radius 3 is 2.40 bits per heavy atom. The lowest BCUT2D eigenvalue weighted by Crippen LogP contribution is -2.25. The number of hydrogen-bond donors (Lipinski definition) is 0. The van der Waals surface area contributed by atoms with Crippen molar-refractivity contribution in [2.24, 2.45) is 5.41 Å². The normalized spacial score (nSPS) is 10.9. The molecule has 0 aliphatic carbocycles. The smallest absolute Gasteiger partial charge is 0.316 e. The number of carbonyl (C=O) groups excluding carboxylic acids is 1. The molecule has 0 saturated heterocycles. The zero-order valence-corrected chi connectivity index (χ0v) is 12.1. The third-order valence-corrected chi connectivity index (χ3v) is 2.38. The second-order valence-electron chi connectivity index (χ2n) is 5.32. The van der Waals surface area contributed by atoms with Gasteiger partial charge in [-0.3, -0.25) is 4.79 Å². The van der Waals surface area contributed by atoms with Crippen LogP contribution in [0.5, 0.6) is 5.75 Å². The Labute approximate surface area is 120 Å². The van der Waals surface area contributed by atoms with Crippen LogP contribution in [0.15, 0.2) is 24.3 Å². The summed E-state index contributed by atoms with van der Waals surface area (Å²) in [5.41, 5.74) is 0.397. The van der Waals surface area contributed by atoms with Crippen LogP contribution in [0.4, 0.5) is 0 Å². The molecule has 1 rings (SSSR count). The highest BCUT2D eigenvalue weighted by atomic mass is 17.2. The molecule has 20 heavy (non-hydrogen) atoms. The largest absolute Gasteiger partial charge is 0.426 e. The van der Waals surface area contributed by atoms with E-state index in [1.807, 2.05) is 32.9 Å². The van der Waals surface area contributed by atoms with Gasteiger partial charge in [-0.15, -0.1) is 12.3 Å². The van der Waals surface area contributed by atoms with Crippen molar-refractivity contribution in [1.82, 2.24) is 0 Å². The minimum absolute atomic E-state index is 0.265. The summed E-state index contributed by atoms with van der Waals surface area (Å²) in [5, 5.41) is 0. The summed E-state index contributed by atoms with van der Waals surface area (Å²) in [6, 6.07) is 7.08. The van der Waals surface area contributed by atoms with Gasteiger partial charge in [0.15, 0.2) is 0 Å². The lowest BCUT2D eigenvalue weighted by Gasteiger charge is -2.16. The minimum atomic E-state index is -0.521. The van der Waals surface area contributed by atoms with Crippen molar-refractivity contribution in [2.75, 3.05) is 6.61 Å². The Balaban J connectivity index is 2.41. The zero-order chi connectivity index (χ0) is 15.0. The molecule has 0 bridgehead atoms. The highest BCUT2D eigenvalue weighted by molar-refractivity contribution is 5.77. The first-order valence-electron chi connectivity index (χ1n) is 6.42. The fourth-order valence-electron chi connectivity index (χ4n) is 1.18. The molecular formula is C16H20O4. The summed E-state index contributed by atoms with van der Waals surface area (Å²) >= 11 is 0. The maximum atomic E-state index is 11.7. The molecule has 0 atom stereocenters. The molecule has 0 unspecified atom stereocenters. The molecule has 4 nitrogen and oxygen atoms in total. The lowest BCUT2D eigenvalue weighted by atomic mass is 9.97. The van der Waals surface area contributed by atoms with Crippen LogP contribution in [0.25, 0.3) is 0 Å². The third-order valence-electron chi connectivity index (χ3n) is 2.38. The second kappa shape index (κ2) is 7.68. The third kappa shape index (κ3) is 5.87. The number of ether oxygens (including phenoxy) is 1. The molecule has 0 aliphatic heterocycles. The maximum Gasteiger partial charge on any atom is 0.316 e. The molecule has 0 fully saturated rings. The Bertz CT molecular complexity index is 463. The molecule has 0 aromatic heterocycles. The number of esters is 1. The zero-order valence-electron chi connectivity index (χ0n) is 12.1. The molecule has 0 aliphatic rings. The van der Waals surface area contributed by atoms with Gasteiger partial charge >= 0.3 is 5.97 Å². The predicted octanol–water partition coefficient (Wildman–Crippen LogP) is 3.11. The Morgan fingerprint density at radius 1 is 1.20 bits per heavy atom. The minimum Gasteiger partial charge on any atom is -0.426 e. The summed E-state index contributed by atoms with van der Waals surface area (Å²) in [6.45, 7) is 6.12. The van der Waals surface area contributed by atoms with E-state index in [-0.39, 0.29) is 5.97 Å². The van der Waals surface area contributed by atoms with E-state index in [9.17, 15) is 4.79 Å². The molecular weight excluding hydrogens is 256 g/mol. The van der Waals surface area contributed by atoms with E-state index in [4.69, 9.17) is 20.9 Å². The molecule has 1 aromatic carbocycles. The van der Waals surface area contributed by atoms with Crippen molar-refractivity contribution >= 4 is 5.97 Å². The van der Waals surface area contributed by atoms with E-state index >= 15 is 0 Å². The van der Waals surface area contributed by atoms with Gasteiger partial charge in [0, 0.05) is 6.42 Å². The van der Waals surface area contributed by atoms with Crippen LogP contribution in [0, 0.1) is 17.8 Å². The van der Waals surface area contributed by atoms with Crippen LogP contribution in [0.3, 0.4) is 0 Å². The first-order chi connectivity index (χ1) is 9.43. The summed E-state index contributed by atoms with van der Waals surface area (Å²) in [5.74, 6) is 2.70. The number of hydrogen-bond acceptors (Lipinski definition) is 4. The Hall–Kier alpha value is -1.83. The highest BCUT2D eigenvalue weighted by Gasteiger charge is 2.23. The number of rotatable bonds is 6.